The highest BCUT2D eigenvalue weighted by atomic mass is 16.5. The molecular weight excluding hydrogens is 176 g/mol. The minimum Gasteiger partial charge on any atom is -0.480 e. The van der Waals surface area contributed by atoms with Crippen LogP contribution in [0.4, 0.5) is 0 Å². The molecule has 0 aliphatic heterocycles. The molecule has 0 radical (unpaired) electrons. The van der Waals surface area contributed by atoms with E-state index in [1.165, 1.54) is 20.4 Å². The Morgan fingerprint density at radius 1 is 1.46 bits per heavy atom. The monoisotopic (exact) mass is 184 g/mol. The molecule has 13 heavy (non-hydrogen) atoms. The largest absolute Gasteiger partial charge is 0.480 e. The smallest absolute Gasteiger partial charge is 0.360 e. The molecule has 0 saturated heterocycles. The lowest BCUT2D eigenvalue weighted by Crippen LogP contribution is -2.06. The fourth-order valence-corrected chi connectivity index (χ4v) is 0.749. The molecule has 1 rings (SSSR count). The molecule has 0 aliphatic rings. The number of aromatic nitrogens is 2. The Morgan fingerprint density at radius 3 is 2.62 bits per heavy atom. The van der Waals surface area contributed by atoms with Crippen molar-refractivity contribution >= 4 is 5.97 Å². The molecule has 0 unspecified atom stereocenters. The fourth-order valence-electron chi connectivity index (χ4n) is 0.749. The SMILES string of the molecule is COc1cnc(OC)c(C(=O)O)n1. The Balaban J connectivity index is 3.18. The number of rotatable bonds is 3. The van der Waals surface area contributed by atoms with Gasteiger partial charge in [0.15, 0.2) is 0 Å². The third-order valence-electron chi connectivity index (χ3n) is 1.32. The summed E-state index contributed by atoms with van der Waals surface area (Å²) in [5.74, 6) is -1.10. The summed E-state index contributed by atoms with van der Waals surface area (Å²) in [6.45, 7) is 0. The van der Waals surface area contributed by atoms with Gasteiger partial charge < -0.3 is 14.6 Å². The van der Waals surface area contributed by atoms with Crippen LogP contribution in [0.2, 0.25) is 0 Å². The minimum absolute atomic E-state index is 0.0340. The molecule has 0 aliphatic carbocycles. The van der Waals surface area contributed by atoms with Crippen LogP contribution in [0.3, 0.4) is 0 Å². The van der Waals surface area contributed by atoms with Crippen LogP contribution in [-0.4, -0.2) is 35.3 Å². The molecule has 1 aromatic rings. The molecule has 0 atom stereocenters. The fraction of sp³-hybridized carbons (Fsp3) is 0.286. The lowest BCUT2D eigenvalue weighted by atomic mass is 10.4. The molecule has 0 aromatic carbocycles. The number of methoxy groups -OCH3 is 2. The zero-order valence-electron chi connectivity index (χ0n) is 7.14. The summed E-state index contributed by atoms with van der Waals surface area (Å²) >= 11 is 0. The molecule has 1 N–H and O–H groups in total. The van der Waals surface area contributed by atoms with Crippen molar-refractivity contribution in [2.45, 2.75) is 0 Å². The van der Waals surface area contributed by atoms with Gasteiger partial charge >= 0.3 is 5.97 Å². The van der Waals surface area contributed by atoms with Crippen molar-refractivity contribution in [2.75, 3.05) is 14.2 Å². The highest BCUT2D eigenvalue weighted by molar-refractivity contribution is 5.87. The quantitative estimate of drug-likeness (QED) is 0.722. The van der Waals surface area contributed by atoms with Crippen molar-refractivity contribution in [3.8, 4) is 11.8 Å². The Kier molecular flexibility index (Phi) is 2.63. The summed E-state index contributed by atoms with van der Waals surface area (Å²) < 4.78 is 9.41. The van der Waals surface area contributed by atoms with Crippen molar-refractivity contribution in [3.05, 3.63) is 11.9 Å². The molecule has 1 heterocycles. The second-order valence-corrected chi connectivity index (χ2v) is 2.08. The number of carboxylic acid groups (broad SMARTS) is 1. The van der Waals surface area contributed by atoms with Crippen LogP contribution >= 0.6 is 0 Å². The van der Waals surface area contributed by atoms with E-state index in [4.69, 9.17) is 14.6 Å². The van der Waals surface area contributed by atoms with E-state index >= 15 is 0 Å². The van der Waals surface area contributed by atoms with Gasteiger partial charge in [-0.25, -0.2) is 9.78 Å². The molecule has 0 amide bonds. The molecule has 0 fully saturated rings. The highest BCUT2D eigenvalue weighted by Crippen LogP contribution is 2.15. The molecule has 6 heteroatoms. The van der Waals surface area contributed by atoms with E-state index in [-0.39, 0.29) is 17.5 Å². The first-order valence-corrected chi connectivity index (χ1v) is 3.37. The van der Waals surface area contributed by atoms with Gasteiger partial charge in [0.1, 0.15) is 0 Å². The van der Waals surface area contributed by atoms with Crippen LogP contribution in [0.15, 0.2) is 6.20 Å². The summed E-state index contributed by atoms with van der Waals surface area (Å²) in [5.41, 5.74) is -0.262. The maximum Gasteiger partial charge on any atom is 0.360 e. The zero-order valence-corrected chi connectivity index (χ0v) is 7.14. The van der Waals surface area contributed by atoms with Crippen LogP contribution in [0.25, 0.3) is 0 Å². The molecule has 6 nitrogen and oxygen atoms in total. The summed E-state index contributed by atoms with van der Waals surface area (Å²) in [4.78, 5) is 18.0. The zero-order chi connectivity index (χ0) is 9.84. The van der Waals surface area contributed by atoms with Gasteiger partial charge in [0.25, 0.3) is 0 Å². The normalized spacial score (nSPS) is 9.38. The number of nitrogens with zero attached hydrogens (tertiary/aromatic N) is 2. The first-order valence-electron chi connectivity index (χ1n) is 3.37. The van der Waals surface area contributed by atoms with Gasteiger partial charge in [-0.3, -0.25) is 0 Å². The van der Waals surface area contributed by atoms with Gasteiger partial charge in [-0.05, 0) is 0 Å². The predicted molar refractivity (Wildman–Crippen MR) is 42.1 cm³/mol. The van der Waals surface area contributed by atoms with E-state index in [9.17, 15) is 4.79 Å². The van der Waals surface area contributed by atoms with Crippen molar-refractivity contribution in [1.29, 1.82) is 0 Å². The van der Waals surface area contributed by atoms with E-state index < -0.39 is 5.97 Å². The van der Waals surface area contributed by atoms with Crippen molar-refractivity contribution in [2.24, 2.45) is 0 Å². The summed E-state index contributed by atoms with van der Waals surface area (Å²) in [6, 6.07) is 0. The van der Waals surface area contributed by atoms with Gasteiger partial charge in [-0.2, -0.15) is 4.98 Å². The van der Waals surface area contributed by atoms with E-state index in [0.29, 0.717) is 0 Å². The standard InChI is InChI=1S/C7H8N2O4/c1-12-4-3-8-6(13-2)5(9-4)7(10)11/h3H,1-2H3,(H,10,11). The number of aromatic carboxylic acids is 1. The average Bonchev–Trinajstić information content (AvgIpc) is 2.16. The minimum atomic E-state index is -1.21. The lowest BCUT2D eigenvalue weighted by Gasteiger charge is -2.03. The van der Waals surface area contributed by atoms with Crippen molar-refractivity contribution < 1.29 is 19.4 Å². The Bertz CT molecular complexity index is 326. The number of hydrogen-bond donors (Lipinski definition) is 1. The van der Waals surface area contributed by atoms with Crippen LogP contribution in [0.1, 0.15) is 10.5 Å². The van der Waals surface area contributed by atoms with Crippen molar-refractivity contribution in [1.82, 2.24) is 9.97 Å². The van der Waals surface area contributed by atoms with E-state index in [1.54, 1.807) is 0 Å². The molecule has 0 saturated carbocycles. The maximum absolute atomic E-state index is 10.6. The average molecular weight is 184 g/mol. The van der Waals surface area contributed by atoms with Crippen LogP contribution < -0.4 is 9.47 Å². The Hall–Kier alpha value is -1.85. The van der Waals surface area contributed by atoms with Gasteiger partial charge in [0, 0.05) is 0 Å². The number of carboxylic acids is 1. The van der Waals surface area contributed by atoms with Gasteiger partial charge in [0.2, 0.25) is 17.5 Å². The molecule has 1 aromatic heterocycles. The predicted octanol–water partition coefficient (Wildman–Crippen LogP) is 0.192. The van der Waals surface area contributed by atoms with Crippen LogP contribution in [-0.2, 0) is 0 Å². The number of hydrogen-bond acceptors (Lipinski definition) is 5. The van der Waals surface area contributed by atoms with E-state index in [2.05, 4.69) is 9.97 Å². The lowest BCUT2D eigenvalue weighted by molar-refractivity contribution is 0.0684. The third-order valence-corrected chi connectivity index (χ3v) is 1.32. The maximum atomic E-state index is 10.6. The van der Waals surface area contributed by atoms with Gasteiger partial charge in [0.05, 0.1) is 20.4 Å². The van der Waals surface area contributed by atoms with E-state index in [0.717, 1.165) is 0 Å². The summed E-state index contributed by atoms with van der Waals surface area (Å²) in [7, 11) is 2.70. The van der Waals surface area contributed by atoms with Crippen molar-refractivity contribution in [3.63, 3.8) is 0 Å². The highest BCUT2D eigenvalue weighted by Gasteiger charge is 2.15. The molecule has 0 spiro atoms. The molecule has 0 bridgehead atoms. The Labute approximate surface area is 74.1 Å². The summed E-state index contributed by atoms with van der Waals surface area (Å²) in [5, 5.41) is 8.68. The topological polar surface area (TPSA) is 81.5 Å². The second kappa shape index (κ2) is 3.70. The number of ether oxygens (including phenoxy) is 2. The van der Waals surface area contributed by atoms with Crippen LogP contribution in [0, 0.1) is 0 Å². The summed E-state index contributed by atoms with van der Waals surface area (Å²) in [6.07, 6.45) is 1.28. The third kappa shape index (κ3) is 1.84. The Morgan fingerprint density at radius 2 is 2.15 bits per heavy atom. The molecule has 70 valence electrons. The van der Waals surface area contributed by atoms with E-state index in [1.807, 2.05) is 0 Å². The number of carbonyl (C=O) groups is 1. The van der Waals surface area contributed by atoms with Gasteiger partial charge in [-0.15, -0.1) is 0 Å². The first kappa shape index (κ1) is 9.24. The first-order chi connectivity index (χ1) is 6.19. The van der Waals surface area contributed by atoms with Gasteiger partial charge in [-0.1, -0.05) is 0 Å². The van der Waals surface area contributed by atoms with Crippen LogP contribution in [0.5, 0.6) is 11.8 Å². The second-order valence-electron chi connectivity index (χ2n) is 2.08. The molecular formula is C7H8N2O4.